The maximum Gasteiger partial charge on any atom is 0.145 e. The summed E-state index contributed by atoms with van der Waals surface area (Å²) in [5.74, 6) is 0.861. The molecule has 3 heteroatoms. The lowest BCUT2D eigenvalue weighted by atomic mass is 10.0. The van der Waals surface area contributed by atoms with Gasteiger partial charge in [-0.25, -0.2) is 0 Å². The SMILES string of the molecule is CCOc1ccc(CCCN)c2cccnc12. The summed E-state index contributed by atoms with van der Waals surface area (Å²) < 4.78 is 5.59. The maximum atomic E-state index is 5.59. The standard InChI is InChI=1S/C14H18N2O/c1-2-17-13-8-7-11(5-3-9-15)12-6-4-10-16-14(12)13/h4,6-8,10H,2-3,5,9,15H2,1H3. The van der Waals surface area contributed by atoms with Gasteiger partial charge in [-0.1, -0.05) is 12.1 Å². The van der Waals surface area contributed by atoms with Crippen LogP contribution in [0.25, 0.3) is 10.9 Å². The van der Waals surface area contributed by atoms with E-state index in [4.69, 9.17) is 10.5 Å². The predicted molar refractivity (Wildman–Crippen MR) is 70.3 cm³/mol. The van der Waals surface area contributed by atoms with Crippen molar-refractivity contribution in [2.45, 2.75) is 19.8 Å². The first-order valence-electron chi connectivity index (χ1n) is 6.06. The molecule has 2 N–H and O–H groups in total. The number of fused-ring (bicyclic) bond motifs is 1. The molecule has 0 radical (unpaired) electrons. The van der Waals surface area contributed by atoms with Gasteiger partial charge in [0.25, 0.3) is 0 Å². The van der Waals surface area contributed by atoms with Crippen molar-refractivity contribution in [1.82, 2.24) is 4.98 Å². The molecule has 0 fully saturated rings. The number of ether oxygens (including phenoxy) is 1. The van der Waals surface area contributed by atoms with E-state index in [1.165, 1.54) is 10.9 Å². The average Bonchev–Trinajstić information content (AvgIpc) is 2.38. The van der Waals surface area contributed by atoms with Crippen LogP contribution < -0.4 is 10.5 Å². The fraction of sp³-hybridized carbons (Fsp3) is 0.357. The van der Waals surface area contributed by atoms with E-state index < -0.39 is 0 Å². The topological polar surface area (TPSA) is 48.1 Å². The third-order valence-electron chi connectivity index (χ3n) is 2.77. The number of pyridine rings is 1. The number of nitrogens with zero attached hydrogens (tertiary/aromatic N) is 1. The summed E-state index contributed by atoms with van der Waals surface area (Å²) in [5.41, 5.74) is 7.80. The van der Waals surface area contributed by atoms with Crippen LogP contribution in [-0.2, 0) is 6.42 Å². The van der Waals surface area contributed by atoms with Crippen LogP contribution >= 0.6 is 0 Å². The highest BCUT2D eigenvalue weighted by Crippen LogP contribution is 2.27. The van der Waals surface area contributed by atoms with Crippen molar-refractivity contribution in [3.8, 4) is 5.75 Å². The van der Waals surface area contributed by atoms with Crippen LogP contribution in [0.15, 0.2) is 30.5 Å². The normalized spacial score (nSPS) is 10.7. The molecule has 3 nitrogen and oxygen atoms in total. The molecule has 0 aliphatic rings. The molecule has 0 spiro atoms. The van der Waals surface area contributed by atoms with Crippen LogP contribution in [0, 0.1) is 0 Å². The minimum absolute atomic E-state index is 0.661. The van der Waals surface area contributed by atoms with Crippen molar-refractivity contribution in [3.05, 3.63) is 36.0 Å². The zero-order chi connectivity index (χ0) is 12.1. The number of aromatic nitrogens is 1. The summed E-state index contributed by atoms with van der Waals surface area (Å²) in [7, 11) is 0. The van der Waals surface area contributed by atoms with Crippen LogP contribution in [0.5, 0.6) is 5.75 Å². The van der Waals surface area contributed by atoms with E-state index in [9.17, 15) is 0 Å². The van der Waals surface area contributed by atoms with Crippen LogP contribution in [-0.4, -0.2) is 18.1 Å². The number of benzene rings is 1. The first kappa shape index (κ1) is 11.9. The largest absolute Gasteiger partial charge is 0.492 e. The van der Waals surface area contributed by atoms with E-state index >= 15 is 0 Å². The van der Waals surface area contributed by atoms with E-state index in [2.05, 4.69) is 17.1 Å². The van der Waals surface area contributed by atoms with E-state index in [-0.39, 0.29) is 0 Å². The molecular formula is C14H18N2O. The Morgan fingerprint density at radius 2 is 2.18 bits per heavy atom. The van der Waals surface area contributed by atoms with Gasteiger partial charge in [-0.05, 0) is 44.0 Å². The highest BCUT2D eigenvalue weighted by atomic mass is 16.5. The minimum Gasteiger partial charge on any atom is -0.492 e. The molecule has 0 atom stereocenters. The molecule has 2 aromatic rings. The van der Waals surface area contributed by atoms with Gasteiger partial charge in [-0.3, -0.25) is 4.98 Å². The number of hydrogen-bond donors (Lipinski definition) is 1. The number of aryl methyl sites for hydroxylation is 1. The monoisotopic (exact) mass is 230 g/mol. The smallest absolute Gasteiger partial charge is 0.145 e. The number of rotatable bonds is 5. The summed E-state index contributed by atoms with van der Waals surface area (Å²) in [5, 5.41) is 1.17. The second kappa shape index (κ2) is 5.64. The number of hydrogen-bond acceptors (Lipinski definition) is 3. The Kier molecular flexibility index (Phi) is 3.94. The third-order valence-corrected chi connectivity index (χ3v) is 2.77. The van der Waals surface area contributed by atoms with E-state index in [1.54, 1.807) is 6.20 Å². The van der Waals surface area contributed by atoms with Gasteiger partial charge in [0.1, 0.15) is 11.3 Å². The predicted octanol–water partition coefficient (Wildman–Crippen LogP) is 2.52. The molecule has 0 saturated carbocycles. The van der Waals surface area contributed by atoms with Crippen LogP contribution in [0.2, 0.25) is 0 Å². The molecule has 0 unspecified atom stereocenters. The Morgan fingerprint density at radius 1 is 1.29 bits per heavy atom. The molecular weight excluding hydrogens is 212 g/mol. The van der Waals surface area contributed by atoms with Crippen molar-refractivity contribution >= 4 is 10.9 Å². The van der Waals surface area contributed by atoms with E-state index in [0.717, 1.165) is 30.7 Å². The van der Waals surface area contributed by atoms with Crippen LogP contribution in [0.3, 0.4) is 0 Å². The molecule has 0 bridgehead atoms. The maximum absolute atomic E-state index is 5.59. The Morgan fingerprint density at radius 3 is 2.94 bits per heavy atom. The minimum atomic E-state index is 0.661. The Bertz CT molecular complexity index is 497. The second-order valence-corrected chi connectivity index (χ2v) is 3.95. The molecule has 1 heterocycles. The molecule has 1 aromatic carbocycles. The first-order chi connectivity index (χ1) is 8.36. The second-order valence-electron chi connectivity index (χ2n) is 3.95. The third kappa shape index (κ3) is 2.56. The van der Waals surface area contributed by atoms with E-state index in [0.29, 0.717) is 6.61 Å². The highest BCUT2D eigenvalue weighted by Gasteiger charge is 2.07. The van der Waals surface area contributed by atoms with Crippen molar-refractivity contribution in [2.75, 3.05) is 13.2 Å². The van der Waals surface area contributed by atoms with Gasteiger partial charge < -0.3 is 10.5 Å². The van der Waals surface area contributed by atoms with E-state index in [1.807, 2.05) is 19.1 Å². The van der Waals surface area contributed by atoms with Crippen molar-refractivity contribution in [3.63, 3.8) is 0 Å². The van der Waals surface area contributed by atoms with Crippen LogP contribution in [0.4, 0.5) is 0 Å². The molecule has 90 valence electrons. The fourth-order valence-corrected chi connectivity index (χ4v) is 1.99. The van der Waals surface area contributed by atoms with Crippen molar-refractivity contribution in [2.24, 2.45) is 5.73 Å². The molecule has 0 aliphatic carbocycles. The Labute approximate surface area is 102 Å². The Hall–Kier alpha value is -1.61. The first-order valence-corrected chi connectivity index (χ1v) is 6.06. The van der Waals surface area contributed by atoms with Gasteiger partial charge in [0, 0.05) is 11.6 Å². The molecule has 17 heavy (non-hydrogen) atoms. The van der Waals surface area contributed by atoms with Gasteiger partial charge in [0.15, 0.2) is 0 Å². The molecule has 0 amide bonds. The van der Waals surface area contributed by atoms with Gasteiger partial charge in [-0.2, -0.15) is 0 Å². The molecule has 0 aliphatic heterocycles. The fourth-order valence-electron chi connectivity index (χ4n) is 1.99. The van der Waals surface area contributed by atoms with Gasteiger partial charge >= 0.3 is 0 Å². The highest BCUT2D eigenvalue weighted by molar-refractivity contribution is 5.87. The summed E-state index contributed by atoms with van der Waals surface area (Å²) in [6.07, 6.45) is 3.79. The Balaban J connectivity index is 2.46. The zero-order valence-corrected chi connectivity index (χ0v) is 10.1. The lowest BCUT2D eigenvalue weighted by Crippen LogP contribution is -2.01. The number of nitrogens with two attached hydrogens (primary N) is 1. The van der Waals surface area contributed by atoms with Crippen molar-refractivity contribution in [1.29, 1.82) is 0 Å². The summed E-state index contributed by atoms with van der Waals surface area (Å²) >= 11 is 0. The zero-order valence-electron chi connectivity index (χ0n) is 10.1. The molecule has 1 aromatic heterocycles. The van der Waals surface area contributed by atoms with Crippen LogP contribution in [0.1, 0.15) is 18.9 Å². The van der Waals surface area contributed by atoms with Gasteiger partial charge in [0.05, 0.1) is 6.61 Å². The quantitative estimate of drug-likeness (QED) is 0.858. The molecule has 2 rings (SSSR count). The summed E-state index contributed by atoms with van der Waals surface area (Å²) in [4.78, 5) is 4.41. The average molecular weight is 230 g/mol. The van der Waals surface area contributed by atoms with Gasteiger partial charge in [0.2, 0.25) is 0 Å². The van der Waals surface area contributed by atoms with Gasteiger partial charge in [-0.15, -0.1) is 0 Å². The summed E-state index contributed by atoms with van der Waals surface area (Å²) in [6.45, 7) is 3.36. The van der Waals surface area contributed by atoms with Crippen molar-refractivity contribution < 1.29 is 4.74 Å². The lowest BCUT2D eigenvalue weighted by molar-refractivity contribution is 0.343. The molecule has 0 saturated heterocycles. The summed E-state index contributed by atoms with van der Waals surface area (Å²) in [6, 6.07) is 8.18. The lowest BCUT2D eigenvalue weighted by Gasteiger charge is -2.10.